The van der Waals surface area contributed by atoms with Crippen molar-refractivity contribution in [3.8, 4) is 17.2 Å². The number of halogens is 3. The second-order valence-electron chi connectivity index (χ2n) is 9.03. The van der Waals surface area contributed by atoms with E-state index >= 15 is 0 Å². The highest BCUT2D eigenvalue weighted by molar-refractivity contribution is 14.1. The molecule has 0 amide bonds. The molecule has 0 saturated heterocycles. The predicted octanol–water partition coefficient (Wildman–Crippen LogP) is 8.15. The average molecular weight is 780 g/mol. The van der Waals surface area contributed by atoms with Gasteiger partial charge < -0.3 is 15.3 Å². The van der Waals surface area contributed by atoms with Crippen molar-refractivity contribution in [1.82, 2.24) is 0 Å². The summed E-state index contributed by atoms with van der Waals surface area (Å²) in [7, 11) is 0. The molecule has 0 unspecified atom stereocenters. The molecule has 0 spiro atoms. The lowest BCUT2D eigenvalue weighted by Gasteiger charge is -2.24. The summed E-state index contributed by atoms with van der Waals surface area (Å²) >= 11 is 6.49. The van der Waals surface area contributed by atoms with E-state index in [1.807, 2.05) is 31.2 Å². The molecule has 1 saturated carbocycles. The van der Waals surface area contributed by atoms with Gasteiger partial charge in [0.2, 0.25) is 0 Å². The summed E-state index contributed by atoms with van der Waals surface area (Å²) < 4.78 is 2.48. The van der Waals surface area contributed by atoms with E-state index in [1.54, 1.807) is 0 Å². The number of aromatic hydroxyl groups is 3. The molecule has 3 aromatic carbocycles. The molecule has 6 heteroatoms. The van der Waals surface area contributed by atoms with E-state index in [9.17, 15) is 15.3 Å². The predicted molar refractivity (Wildman–Crippen MR) is 159 cm³/mol. The number of benzene rings is 3. The van der Waals surface area contributed by atoms with E-state index in [2.05, 4.69) is 79.9 Å². The molecule has 1 aliphatic rings. The Bertz CT molecular complexity index is 1060. The van der Waals surface area contributed by atoms with Crippen LogP contribution in [0.5, 0.6) is 17.2 Å². The number of hydrogen-bond donors (Lipinski definition) is 3. The smallest absolute Gasteiger partial charge is 0.142 e. The Balaban J connectivity index is 1.75. The van der Waals surface area contributed by atoms with Crippen molar-refractivity contribution in [2.75, 3.05) is 0 Å². The van der Waals surface area contributed by atoms with E-state index in [1.165, 1.54) is 37.7 Å². The number of rotatable bonds is 5. The molecule has 3 N–H and O–H groups in total. The Kier molecular flexibility index (Phi) is 8.36. The van der Waals surface area contributed by atoms with Gasteiger partial charge in [0.05, 0.1) is 10.7 Å². The maximum atomic E-state index is 11.3. The van der Waals surface area contributed by atoms with Crippen molar-refractivity contribution >= 4 is 67.8 Å². The molecule has 4 rings (SSSR count). The molecule has 0 bridgehead atoms. The fourth-order valence-corrected chi connectivity index (χ4v) is 7.52. The topological polar surface area (TPSA) is 60.7 Å². The highest BCUT2D eigenvalue weighted by atomic mass is 127. The van der Waals surface area contributed by atoms with Crippen LogP contribution in [0.4, 0.5) is 0 Å². The van der Waals surface area contributed by atoms with Crippen LogP contribution in [0.3, 0.4) is 0 Å². The third-order valence-electron chi connectivity index (χ3n) is 6.55. The first-order chi connectivity index (χ1) is 15.7. The van der Waals surface area contributed by atoms with Crippen LogP contribution < -0.4 is 0 Å². The molecule has 0 radical (unpaired) electrons. The third kappa shape index (κ3) is 5.91. The van der Waals surface area contributed by atoms with Crippen molar-refractivity contribution < 1.29 is 15.3 Å². The molecule has 3 nitrogen and oxygen atoms in total. The monoisotopic (exact) mass is 780 g/mol. The van der Waals surface area contributed by atoms with Crippen molar-refractivity contribution in [3.05, 3.63) is 80.5 Å². The van der Waals surface area contributed by atoms with Gasteiger partial charge in [0.15, 0.2) is 0 Å². The molecule has 0 heterocycles. The maximum absolute atomic E-state index is 11.3. The largest absolute Gasteiger partial charge is 0.507 e. The SMILES string of the molecule is Cc1cc(Cc2cc(C3CCCCC3)cc(Cc3cc(I)c(O)c(I)c3)c2O)cc(I)c1O. The maximum Gasteiger partial charge on any atom is 0.142 e. The first kappa shape index (κ1) is 25.3. The molecular weight excluding hydrogens is 753 g/mol. The lowest BCUT2D eigenvalue weighted by Crippen LogP contribution is -2.07. The van der Waals surface area contributed by atoms with Crippen LogP contribution >= 0.6 is 67.8 Å². The summed E-state index contributed by atoms with van der Waals surface area (Å²) in [6.07, 6.45) is 7.49. The van der Waals surface area contributed by atoms with Crippen molar-refractivity contribution in [2.45, 2.75) is 57.8 Å². The zero-order valence-electron chi connectivity index (χ0n) is 18.5. The van der Waals surface area contributed by atoms with Crippen LogP contribution in [0.2, 0.25) is 0 Å². The highest BCUT2D eigenvalue weighted by Crippen LogP contribution is 2.39. The third-order valence-corrected chi connectivity index (χ3v) is 9.01. The van der Waals surface area contributed by atoms with Crippen LogP contribution in [-0.2, 0) is 12.8 Å². The average Bonchev–Trinajstić information content (AvgIpc) is 2.79. The van der Waals surface area contributed by atoms with E-state index in [0.717, 1.165) is 38.5 Å². The van der Waals surface area contributed by atoms with Crippen LogP contribution in [0.1, 0.15) is 71.4 Å². The zero-order valence-corrected chi connectivity index (χ0v) is 24.9. The zero-order chi connectivity index (χ0) is 23.7. The molecule has 3 aromatic rings. The Morgan fingerprint density at radius 2 is 1.15 bits per heavy atom. The Morgan fingerprint density at radius 1 is 0.667 bits per heavy atom. The normalized spacial score (nSPS) is 14.5. The minimum absolute atomic E-state index is 0.318. The summed E-state index contributed by atoms with van der Waals surface area (Å²) in [6.45, 7) is 1.92. The lowest BCUT2D eigenvalue weighted by atomic mass is 9.82. The molecule has 1 aliphatic carbocycles. The van der Waals surface area contributed by atoms with Crippen LogP contribution in [0.15, 0.2) is 36.4 Å². The van der Waals surface area contributed by atoms with Gasteiger partial charge in [0.1, 0.15) is 17.2 Å². The van der Waals surface area contributed by atoms with Crippen molar-refractivity contribution in [1.29, 1.82) is 0 Å². The number of phenolic OH excluding ortho intramolecular Hbond substituents is 3. The van der Waals surface area contributed by atoms with Gasteiger partial charge in [0, 0.05) is 12.8 Å². The van der Waals surface area contributed by atoms with Gasteiger partial charge >= 0.3 is 0 Å². The molecule has 0 aromatic heterocycles. The van der Waals surface area contributed by atoms with Crippen LogP contribution in [0.25, 0.3) is 0 Å². The second kappa shape index (κ2) is 10.9. The van der Waals surface area contributed by atoms with Crippen LogP contribution in [0, 0.1) is 17.6 Å². The molecule has 33 heavy (non-hydrogen) atoms. The van der Waals surface area contributed by atoms with Gasteiger partial charge in [-0.25, -0.2) is 0 Å². The van der Waals surface area contributed by atoms with E-state index < -0.39 is 0 Å². The summed E-state index contributed by atoms with van der Waals surface area (Å²) in [5, 5.41) is 31.6. The first-order valence-corrected chi connectivity index (χ1v) is 14.5. The number of hydrogen-bond acceptors (Lipinski definition) is 3. The molecular formula is C27H27I3O3. The highest BCUT2D eigenvalue weighted by Gasteiger charge is 2.20. The van der Waals surface area contributed by atoms with E-state index in [4.69, 9.17) is 0 Å². The fourth-order valence-electron chi connectivity index (χ4n) is 4.80. The number of phenols is 3. The van der Waals surface area contributed by atoms with Gasteiger partial charge in [0.25, 0.3) is 0 Å². The molecule has 1 fully saturated rings. The summed E-state index contributed by atoms with van der Waals surface area (Å²) in [5.41, 5.74) is 6.23. The quantitative estimate of drug-likeness (QED) is 0.229. The van der Waals surface area contributed by atoms with Gasteiger partial charge in [-0.1, -0.05) is 37.5 Å². The second-order valence-corrected chi connectivity index (χ2v) is 12.5. The van der Waals surface area contributed by atoms with Crippen molar-refractivity contribution in [3.63, 3.8) is 0 Å². The summed E-state index contributed by atoms with van der Waals surface area (Å²) in [6, 6.07) is 12.4. The molecule has 0 aliphatic heterocycles. The first-order valence-electron chi connectivity index (χ1n) is 11.2. The standard InChI is InChI=1S/C27H27I3O3/c1-15-7-16(10-22(28)25(15)31)8-20-13-19(18-5-3-2-4-6-18)14-21(26(20)32)9-17-11-23(29)27(33)24(30)12-17/h7,10-14,18,31-33H,2-6,8-9H2,1H3. The summed E-state index contributed by atoms with van der Waals surface area (Å²) in [5.74, 6) is 1.54. The fraction of sp³-hybridized carbons (Fsp3) is 0.333. The van der Waals surface area contributed by atoms with Gasteiger partial charge in [-0.3, -0.25) is 0 Å². The Hall–Kier alpha value is -0.750. The van der Waals surface area contributed by atoms with E-state index in [-0.39, 0.29) is 0 Å². The summed E-state index contributed by atoms with van der Waals surface area (Å²) in [4.78, 5) is 0. The van der Waals surface area contributed by atoms with Crippen LogP contribution in [-0.4, -0.2) is 15.3 Å². The minimum atomic E-state index is 0.318. The van der Waals surface area contributed by atoms with Gasteiger partial charge in [-0.05, 0) is 145 Å². The molecule has 174 valence electrons. The Morgan fingerprint density at radius 3 is 1.67 bits per heavy atom. The van der Waals surface area contributed by atoms with Gasteiger partial charge in [-0.15, -0.1) is 0 Å². The Labute approximate surface area is 236 Å². The van der Waals surface area contributed by atoms with E-state index in [0.29, 0.717) is 36.0 Å². The lowest BCUT2D eigenvalue weighted by molar-refractivity contribution is 0.439. The van der Waals surface area contributed by atoms with Crippen molar-refractivity contribution in [2.24, 2.45) is 0 Å². The van der Waals surface area contributed by atoms with Gasteiger partial charge in [-0.2, -0.15) is 0 Å². The number of aryl methyl sites for hydroxylation is 1. The minimum Gasteiger partial charge on any atom is -0.507 e. The molecule has 0 atom stereocenters.